The van der Waals surface area contributed by atoms with Crippen LogP contribution >= 0.6 is 11.9 Å². The Morgan fingerprint density at radius 3 is 3.56 bits per heavy atom. The maximum atomic E-state index is 3.22. The van der Waals surface area contributed by atoms with E-state index in [9.17, 15) is 0 Å². The Labute approximate surface area is 58.4 Å². The molecule has 0 radical (unpaired) electrons. The van der Waals surface area contributed by atoms with Crippen LogP contribution in [0.25, 0.3) is 0 Å². The fraction of sp³-hybridized carbons (Fsp3) is 0.333. The fourth-order valence-corrected chi connectivity index (χ4v) is 1.71. The molecule has 2 nitrogen and oxygen atoms in total. The zero-order valence-corrected chi connectivity index (χ0v) is 5.82. The molecule has 48 valence electrons. The molecule has 0 aromatic carbocycles. The lowest BCUT2D eigenvalue weighted by Crippen LogP contribution is -2.15. The first-order chi connectivity index (χ1) is 4.47. The van der Waals surface area contributed by atoms with Gasteiger partial charge in [-0.3, -0.25) is 4.72 Å². The molecule has 2 rings (SSSR count). The van der Waals surface area contributed by atoms with Gasteiger partial charge in [0, 0.05) is 18.4 Å². The highest BCUT2D eigenvalue weighted by Crippen LogP contribution is 2.13. The smallest absolute Gasteiger partial charge is 0.0824 e. The molecule has 1 N–H and O–H groups in total. The molecular weight excluding hydrogens is 132 g/mol. The van der Waals surface area contributed by atoms with Crippen LogP contribution < -0.4 is 4.72 Å². The standard InChI is InChI=1S/C6H8N2S/c1-2-6-4-7-9-5-8(6)3-1/h1-3,7H,4-5H2. The predicted octanol–water partition coefficient (Wildman–Crippen LogP) is 1.20. The van der Waals surface area contributed by atoms with Crippen LogP contribution in [0.3, 0.4) is 0 Å². The van der Waals surface area contributed by atoms with Gasteiger partial charge in [-0.1, -0.05) is 11.9 Å². The van der Waals surface area contributed by atoms with Crippen LogP contribution in [0.4, 0.5) is 0 Å². The third kappa shape index (κ3) is 0.862. The Kier molecular flexibility index (Phi) is 1.24. The molecule has 0 saturated carbocycles. The normalized spacial score (nSPS) is 17.3. The first-order valence-electron chi connectivity index (χ1n) is 2.95. The van der Waals surface area contributed by atoms with Crippen LogP contribution in [-0.2, 0) is 12.4 Å². The molecule has 0 amide bonds. The molecule has 2 heterocycles. The van der Waals surface area contributed by atoms with E-state index in [2.05, 4.69) is 27.6 Å². The number of nitrogens with one attached hydrogen (secondary N) is 1. The Morgan fingerprint density at radius 2 is 2.67 bits per heavy atom. The van der Waals surface area contributed by atoms with Crippen LogP contribution in [0, 0.1) is 0 Å². The largest absolute Gasteiger partial charge is 0.339 e. The van der Waals surface area contributed by atoms with E-state index >= 15 is 0 Å². The van der Waals surface area contributed by atoms with Crippen LogP contribution in [0.5, 0.6) is 0 Å². The van der Waals surface area contributed by atoms with Crippen LogP contribution in [0.15, 0.2) is 18.3 Å². The summed E-state index contributed by atoms with van der Waals surface area (Å²) in [5.74, 6) is 1.04. The van der Waals surface area contributed by atoms with Gasteiger partial charge in [0.05, 0.1) is 5.88 Å². The number of rotatable bonds is 0. The van der Waals surface area contributed by atoms with Gasteiger partial charge in [-0.15, -0.1) is 0 Å². The topological polar surface area (TPSA) is 17.0 Å². The second kappa shape index (κ2) is 2.08. The van der Waals surface area contributed by atoms with E-state index in [-0.39, 0.29) is 0 Å². The molecule has 9 heavy (non-hydrogen) atoms. The number of nitrogens with zero attached hydrogens (tertiary/aromatic N) is 1. The summed E-state index contributed by atoms with van der Waals surface area (Å²) in [5.41, 5.74) is 1.38. The molecule has 0 spiro atoms. The Morgan fingerprint density at radius 1 is 1.67 bits per heavy atom. The van der Waals surface area contributed by atoms with Gasteiger partial charge >= 0.3 is 0 Å². The third-order valence-electron chi connectivity index (χ3n) is 1.48. The predicted molar refractivity (Wildman–Crippen MR) is 38.9 cm³/mol. The second-order valence-corrected chi connectivity index (χ2v) is 2.90. The summed E-state index contributed by atoms with van der Waals surface area (Å²) >= 11 is 1.76. The van der Waals surface area contributed by atoms with Crippen LogP contribution in [0.1, 0.15) is 5.69 Å². The van der Waals surface area contributed by atoms with Gasteiger partial charge in [0.25, 0.3) is 0 Å². The van der Waals surface area contributed by atoms with Crippen molar-refractivity contribution in [3.63, 3.8) is 0 Å². The van der Waals surface area contributed by atoms with Crippen molar-refractivity contribution in [1.29, 1.82) is 0 Å². The lowest BCUT2D eigenvalue weighted by Gasteiger charge is -2.14. The molecule has 0 bridgehead atoms. The number of hydrogen-bond donors (Lipinski definition) is 1. The van der Waals surface area contributed by atoms with Crippen LogP contribution in [-0.4, -0.2) is 4.57 Å². The monoisotopic (exact) mass is 140 g/mol. The molecule has 1 aromatic heterocycles. The quantitative estimate of drug-likeness (QED) is 0.545. The molecule has 1 aromatic rings. The first kappa shape index (κ1) is 5.38. The molecule has 1 aliphatic rings. The van der Waals surface area contributed by atoms with Crippen molar-refractivity contribution in [3.05, 3.63) is 24.0 Å². The maximum absolute atomic E-state index is 3.22. The lowest BCUT2D eigenvalue weighted by atomic mass is 10.4. The van der Waals surface area contributed by atoms with E-state index < -0.39 is 0 Å². The molecular formula is C6H8N2S. The summed E-state index contributed by atoms with van der Waals surface area (Å²) in [5, 5.41) is 0. The highest BCUT2D eigenvalue weighted by atomic mass is 32.2. The molecule has 3 heteroatoms. The number of aromatic nitrogens is 1. The summed E-state index contributed by atoms with van der Waals surface area (Å²) in [7, 11) is 0. The molecule has 0 unspecified atom stereocenters. The first-order valence-corrected chi connectivity index (χ1v) is 3.94. The van der Waals surface area contributed by atoms with Gasteiger partial charge in [0.2, 0.25) is 0 Å². The van der Waals surface area contributed by atoms with E-state index in [1.807, 2.05) is 0 Å². The van der Waals surface area contributed by atoms with Crippen molar-refractivity contribution in [3.8, 4) is 0 Å². The Balaban J connectivity index is 2.39. The van der Waals surface area contributed by atoms with Crippen molar-refractivity contribution in [1.82, 2.24) is 9.29 Å². The van der Waals surface area contributed by atoms with E-state index in [0.717, 1.165) is 12.4 Å². The number of hydrogen-bond acceptors (Lipinski definition) is 2. The summed E-state index contributed by atoms with van der Waals surface area (Å²) in [4.78, 5) is 0. The maximum Gasteiger partial charge on any atom is 0.0824 e. The fourth-order valence-electron chi connectivity index (χ4n) is 0.976. The molecule has 0 aliphatic carbocycles. The van der Waals surface area contributed by atoms with E-state index in [1.54, 1.807) is 11.9 Å². The van der Waals surface area contributed by atoms with Gasteiger partial charge in [-0.05, 0) is 12.1 Å². The van der Waals surface area contributed by atoms with Gasteiger partial charge in [0.15, 0.2) is 0 Å². The van der Waals surface area contributed by atoms with Gasteiger partial charge < -0.3 is 4.57 Å². The van der Waals surface area contributed by atoms with E-state index in [0.29, 0.717) is 0 Å². The van der Waals surface area contributed by atoms with Gasteiger partial charge in [0.1, 0.15) is 0 Å². The average molecular weight is 140 g/mol. The molecule has 1 aliphatic heterocycles. The lowest BCUT2D eigenvalue weighted by molar-refractivity contribution is 0.750. The van der Waals surface area contributed by atoms with Crippen LogP contribution in [0.2, 0.25) is 0 Å². The summed E-state index contributed by atoms with van der Waals surface area (Å²) in [6, 6.07) is 4.23. The second-order valence-electron chi connectivity index (χ2n) is 2.06. The van der Waals surface area contributed by atoms with E-state index in [1.165, 1.54) is 5.69 Å². The minimum Gasteiger partial charge on any atom is -0.339 e. The van der Waals surface area contributed by atoms with Crippen molar-refractivity contribution in [2.45, 2.75) is 12.4 Å². The van der Waals surface area contributed by atoms with Crippen molar-refractivity contribution >= 4 is 11.9 Å². The zero-order chi connectivity index (χ0) is 6.10. The summed E-state index contributed by atoms with van der Waals surface area (Å²) in [6.45, 7) is 0.998. The average Bonchev–Trinajstić information content (AvgIpc) is 2.33. The number of fused-ring (bicyclic) bond motifs is 1. The van der Waals surface area contributed by atoms with Crippen molar-refractivity contribution < 1.29 is 0 Å². The van der Waals surface area contributed by atoms with E-state index in [4.69, 9.17) is 0 Å². The zero-order valence-electron chi connectivity index (χ0n) is 5.00. The van der Waals surface area contributed by atoms with Gasteiger partial charge in [-0.25, -0.2) is 0 Å². The Hall–Kier alpha value is -0.410. The minimum atomic E-state index is 0.998. The summed E-state index contributed by atoms with van der Waals surface area (Å²) < 4.78 is 5.47. The molecule has 0 fully saturated rings. The minimum absolute atomic E-state index is 0.998. The van der Waals surface area contributed by atoms with Gasteiger partial charge in [-0.2, -0.15) is 0 Å². The highest BCUT2D eigenvalue weighted by molar-refractivity contribution is 7.96. The summed E-state index contributed by atoms with van der Waals surface area (Å²) in [6.07, 6.45) is 2.11. The highest BCUT2D eigenvalue weighted by Gasteiger charge is 2.04. The molecule has 0 atom stereocenters. The molecule has 0 saturated heterocycles. The van der Waals surface area contributed by atoms with Crippen molar-refractivity contribution in [2.75, 3.05) is 0 Å². The third-order valence-corrected chi connectivity index (χ3v) is 2.24. The van der Waals surface area contributed by atoms with Crippen molar-refractivity contribution in [2.24, 2.45) is 0 Å². The SMILES string of the molecule is c1cc2n(c1)CSNC2. The Bertz CT molecular complexity index is 186.